The molecule has 1 atom stereocenters. The van der Waals surface area contributed by atoms with Gasteiger partial charge in [0.1, 0.15) is 5.82 Å². The largest absolute Gasteiger partial charge is 0.368 e. The second-order valence-electron chi connectivity index (χ2n) is 8.84. The van der Waals surface area contributed by atoms with Crippen LogP contribution in [0.5, 0.6) is 0 Å². The van der Waals surface area contributed by atoms with Gasteiger partial charge < -0.3 is 14.7 Å². The van der Waals surface area contributed by atoms with Crippen LogP contribution in [0.1, 0.15) is 43.7 Å². The molecule has 162 valence electrons. The molecule has 0 saturated carbocycles. The van der Waals surface area contributed by atoms with Gasteiger partial charge in [-0.3, -0.25) is 4.79 Å². The van der Waals surface area contributed by atoms with Crippen molar-refractivity contribution in [3.05, 3.63) is 59.4 Å². The zero-order valence-electron chi connectivity index (χ0n) is 18.9. The number of anilines is 2. The van der Waals surface area contributed by atoms with Gasteiger partial charge in [-0.25, -0.2) is 4.39 Å². The fourth-order valence-corrected chi connectivity index (χ4v) is 3.98. The number of aryl methyl sites for hydroxylation is 1. The highest BCUT2D eigenvalue weighted by molar-refractivity contribution is 5.93. The molecular formula is C25H34FN3O. The fourth-order valence-electron chi connectivity index (χ4n) is 3.98. The van der Waals surface area contributed by atoms with Crippen LogP contribution in [-0.2, 0) is 11.2 Å². The van der Waals surface area contributed by atoms with Crippen LogP contribution in [0.25, 0.3) is 0 Å². The van der Waals surface area contributed by atoms with E-state index in [0.717, 1.165) is 25.1 Å². The van der Waals surface area contributed by atoms with Crippen molar-refractivity contribution in [1.29, 1.82) is 0 Å². The van der Waals surface area contributed by atoms with Crippen LogP contribution in [-0.4, -0.2) is 51.1 Å². The van der Waals surface area contributed by atoms with Gasteiger partial charge in [-0.15, -0.1) is 0 Å². The number of rotatable bonds is 7. The molecule has 2 aromatic carbocycles. The Balaban J connectivity index is 1.60. The minimum Gasteiger partial charge on any atom is -0.368 e. The summed E-state index contributed by atoms with van der Waals surface area (Å²) < 4.78 is 14.8. The molecule has 1 saturated heterocycles. The van der Waals surface area contributed by atoms with Gasteiger partial charge in [0, 0.05) is 38.3 Å². The number of amides is 1. The summed E-state index contributed by atoms with van der Waals surface area (Å²) in [6.45, 7) is 6.02. The summed E-state index contributed by atoms with van der Waals surface area (Å²) in [5.41, 5.74) is 3.66. The van der Waals surface area contributed by atoms with Crippen molar-refractivity contribution in [1.82, 2.24) is 4.90 Å². The number of benzene rings is 2. The average Bonchev–Trinajstić information content (AvgIpc) is 3.22. The van der Waals surface area contributed by atoms with Crippen LogP contribution in [0, 0.1) is 5.82 Å². The van der Waals surface area contributed by atoms with E-state index in [0.29, 0.717) is 36.2 Å². The van der Waals surface area contributed by atoms with Gasteiger partial charge in [0.05, 0.1) is 5.69 Å². The lowest BCUT2D eigenvalue weighted by Crippen LogP contribution is -2.31. The third-order valence-corrected chi connectivity index (χ3v) is 6.20. The normalized spacial score (nSPS) is 16.5. The molecule has 1 fully saturated rings. The van der Waals surface area contributed by atoms with E-state index in [2.05, 4.69) is 62.0 Å². The molecule has 5 heteroatoms. The minimum atomic E-state index is -0.268. The van der Waals surface area contributed by atoms with E-state index in [1.54, 1.807) is 18.0 Å². The van der Waals surface area contributed by atoms with Gasteiger partial charge >= 0.3 is 0 Å². The summed E-state index contributed by atoms with van der Waals surface area (Å²) in [6.07, 6.45) is 2.12. The number of halogens is 1. The van der Waals surface area contributed by atoms with Crippen LogP contribution in [0.2, 0.25) is 0 Å². The number of hydrogen-bond acceptors (Lipinski definition) is 3. The first kappa shape index (κ1) is 22.3. The molecule has 0 radical (unpaired) electrons. The maximum Gasteiger partial charge on any atom is 0.227 e. The summed E-state index contributed by atoms with van der Waals surface area (Å²) in [5, 5.41) is 0. The summed E-state index contributed by atoms with van der Waals surface area (Å²) in [5.74, 6) is 0.221. The lowest BCUT2D eigenvalue weighted by Gasteiger charge is -2.23. The van der Waals surface area contributed by atoms with Crippen molar-refractivity contribution < 1.29 is 9.18 Å². The quantitative estimate of drug-likeness (QED) is 0.662. The fraction of sp³-hybridized carbons (Fsp3) is 0.480. The first-order valence-corrected chi connectivity index (χ1v) is 10.8. The van der Waals surface area contributed by atoms with Crippen molar-refractivity contribution in [2.75, 3.05) is 44.0 Å². The van der Waals surface area contributed by atoms with Gasteiger partial charge in [0.2, 0.25) is 5.91 Å². The molecule has 30 heavy (non-hydrogen) atoms. The zero-order valence-corrected chi connectivity index (χ0v) is 18.9. The zero-order chi connectivity index (χ0) is 21.8. The lowest BCUT2D eigenvalue weighted by atomic mass is 10.0. The lowest BCUT2D eigenvalue weighted by molar-refractivity contribution is -0.118. The molecule has 3 rings (SSSR count). The summed E-state index contributed by atoms with van der Waals surface area (Å²) in [7, 11) is 5.84. The summed E-state index contributed by atoms with van der Waals surface area (Å²) >= 11 is 0. The van der Waals surface area contributed by atoms with Gasteiger partial charge in [-0.2, -0.15) is 0 Å². The summed E-state index contributed by atoms with van der Waals surface area (Å²) in [6, 6.07) is 14.0. The second kappa shape index (κ2) is 9.61. The molecule has 0 bridgehead atoms. The molecule has 1 aliphatic rings. The molecule has 0 spiro atoms. The van der Waals surface area contributed by atoms with E-state index in [1.165, 1.54) is 11.6 Å². The first-order valence-electron chi connectivity index (χ1n) is 10.8. The third kappa shape index (κ3) is 5.20. The molecule has 1 aliphatic heterocycles. The number of nitrogens with zero attached hydrogens (tertiary/aromatic N) is 3. The van der Waals surface area contributed by atoms with Crippen molar-refractivity contribution in [3.63, 3.8) is 0 Å². The Labute approximate surface area is 180 Å². The minimum absolute atomic E-state index is 0.0102. The second-order valence-corrected chi connectivity index (χ2v) is 8.84. The Morgan fingerprint density at radius 2 is 1.83 bits per heavy atom. The Kier molecular flexibility index (Phi) is 7.14. The highest BCUT2D eigenvalue weighted by atomic mass is 19.1. The van der Waals surface area contributed by atoms with E-state index < -0.39 is 0 Å². The van der Waals surface area contributed by atoms with Gasteiger partial charge in [-0.1, -0.05) is 38.1 Å². The highest BCUT2D eigenvalue weighted by Gasteiger charge is 2.26. The monoisotopic (exact) mass is 411 g/mol. The standard InChI is InChI=1S/C25H34FN3O/c1-18(2)20-9-6-19(7-10-20)8-13-25(30)28(5)21-11-12-24(23(26)16-21)29-15-14-22(17-29)27(3)4/h6-7,9-12,16,18,22H,8,13-15,17H2,1-5H3. The third-order valence-electron chi connectivity index (χ3n) is 6.20. The number of likely N-dealkylation sites (N-methyl/N-ethyl adjacent to an activating group) is 1. The molecule has 0 N–H and O–H groups in total. The number of carbonyl (C=O) groups excluding carboxylic acids is 1. The van der Waals surface area contributed by atoms with Crippen molar-refractivity contribution in [2.24, 2.45) is 0 Å². The highest BCUT2D eigenvalue weighted by Crippen LogP contribution is 2.28. The van der Waals surface area contributed by atoms with E-state index in [1.807, 2.05) is 6.07 Å². The molecule has 0 aromatic heterocycles. The van der Waals surface area contributed by atoms with Crippen LogP contribution in [0.3, 0.4) is 0 Å². The van der Waals surface area contributed by atoms with Crippen LogP contribution >= 0.6 is 0 Å². The topological polar surface area (TPSA) is 26.8 Å². The molecule has 4 nitrogen and oxygen atoms in total. The van der Waals surface area contributed by atoms with Crippen LogP contribution in [0.4, 0.5) is 15.8 Å². The molecule has 1 unspecified atom stereocenters. The maximum absolute atomic E-state index is 14.8. The number of carbonyl (C=O) groups is 1. The Bertz CT molecular complexity index is 863. The molecule has 1 amide bonds. The smallest absolute Gasteiger partial charge is 0.227 e. The molecule has 2 aromatic rings. The predicted molar refractivity (Wildman–Crippen MR) is 123 cm³/mol. The van der Waals surface area contributed by atoms with E-state index in [4.69, 9.17) is 0 Å². The van der Waals surface area contributed by atoms with Gasteiger partial charge in [0.25, 0.3) is 0 Å². The molecule has 1 heterocycles. The molecular weight excluding hydrogens is 377 g/mol. The van der Waals surface area contributed by atoms with Crippen molar-refractivity contribution in [3.8, 4) is 0 Å². The van der Waals surface area contributed by atoms with E-state index >= 15 is 0 Å². The number of hydrogen-bond donors (Lipinski definition) is 0. The molecule has 0 aliphatic carbocycles. The van der Waals surface area contributed by atoms with Gasteiger partial charge in [0.15, 0.2) is 0 Å². The van der Waals surface area contributed by atoms with Crippen molar-refractivity contribution >= 4 is 17.3 Å². The van der Waals surface area contributed by atoms with Crippen molar-refractivity contribution in [2.45, 2.75) is 45.1 Å². The average molecular weight is 412 g/mol. The first-order chi connectivity index (χ1) is 14.3. The Morgan fingerprint density at radius 1 is 1.13 bits per heavy atom. The van der Waals surface area contributed by atoms with Crippen LogP contribution < -0.4 is 9.80 Å². The Morgan fingerprint density at radius 3 is 2.40 bits per heavy atom. The SMILES string of the molecule is CC(C)c1ccc(CCC(=O)N(C)c2ccc(N3CCC(N(C)C)C3)c(F)c2)cc1. The maximum atomic E-state index is 14.8. The van der Waals surface area contributed by atoms with E-state index in [-0.39, 0.29) is 11.7 Å². The van der Waals surface area contributed by atoms with Crippen LogP contribution in [0.15, 0.2) is 42.5 Å². The van der Waals surface area contributed by atoms with E-state index in [9.17, 15) is 9.18 Å². The predicted octanol–water partition coefficient (Wildman–Crippen LogP) is 4.69. The Hall–Kier alpha value is -2.40. The summed E-state index contributed by atoms with van der Waals surface area (Å²) in [4.78, 5) is 18.5. The van der Waals surface area contributed by atoms with Gasteiger partial charge in [-0.05, 0) is 62.2 Å².